The van der Waals surface area contributed by atoms with Crippen LogP contribution in [-0.2, 0) is 0 Å². The maximum absolute atomic E-state index is 5.82. The summed E-state index contributed by atoms with van der Waals surface area (Å²) in [6, 6.07) is 8.47. The van der Waals surface area contributed by atoms with Crippen molar-refractivity contribution in [3.05, 3.63) is 46.8 Å². The smallest absolute Gasteiger partial charge is 0.157 e. The van der Waals surface area contributed by atoms with Gasteiger partial charge in [0.15, 0.2) is 5.76 Å². The van der Waals surface area contributed by atoms with Crippen LogP contribution in [0.3, 0.4) is 0 Å². The molecule has 0 atom stereocenters. The summed E-state index contributed by atoms with van der Waals surface area (Å²) < 4.78 is 5.01. The molecular weight excluding hydrogens is 224 g/mol. The highest BCUT2D eigenvalue weighted by Crippen LogP contribution is 2.19. The van der Waals surface area contributed by atoms with Crippen LogP contribution in [0.2, 0.25) is 0 Å². The maximum Gasteiger partial charge on any atom is 0.157 e. The summed E-state index contributed by atoms with van der Waals surface area (Å²) in [6.07, 6.45) is 3.86. The van der Waals surface area contributed by atoms with Crippen LogP contribution in [0.4, 0.5) is 5.69 Å². The minimum Gasteiger partial charge on any atom is -0.394 e. The number of nitrogens with two attached hydrogens (primary N) is 1. The van der Waals surface area contributed by atoms with Gasteiger partial charge >= 0.3 is 0 Å². The Hall–Kier alpha value is -2.03. The molecule has 0 unspecified atom stereocenters. The fourth-order valence-electron chi connectivity index (χ4n) is 1.68. The van der Waals surface area contributed by atoms with Crippen LogP contribution in [0.15, 0.2) is 28.8 Å². The van der Waals surface area contributed by atoms with Gasteiger partial charge in [-0.05, 0) is 30.0 Å². The molecule has 0 aliphatic rings. The van der Waals surface area contributed by atoms with Crippen molar-refractivity contribution in [2.75, 3.05) is 5.73 Å². The first kappa shape index (κ1) is 12.4. The summed E-state index contributed by atoms with van der Waals surface area (Å²) in [7, 11) is 0. The van der Waals surface area contributed by atoms with Crippen molar-refractivity contribution in [1.82, 2.24) is 5.16 Å². The number of anilines is 1. The van der Waals surface area contributed by atoms with Gasteiger partial charge in [-0.1, -0.05) is 49.3 Å². The van der Waals surface area contributed by atoms with E-state index in [-0.39, 0.29) is 0 Å². The third kappa shape index (κ3) is 2.62. The topological polar surface area (TPSA) is 52.0 Å². The highest BCUT2D eigenvalue weighted by Gasteiger charge is 2.05. The van der Waals surface area contributed by atoms with Gasteiger partial charge in [0.1, 0.15) is 11.4 Å². The molecule has 94 valence electrons. The molecular formula is C15H18N2O. The van der Waals surface area contributed by atoms with E-state index in [1.54, 1.807) is 6.92 Å². The lowest BCUT2D eigenvalue weighted by atomic mass is 10.0. The standard InChI is InChI=1S/C15H18N2O/c1-10(2)13-7-4-12(5-8-13)6-9-14-15(16)11(3)18-17-14/h4-10H,16H2,1-3H3. The fourth-order valence-corrected chi connectivity index (χ4v) is 1.68. The minimum absolute atomic E-state index is 0.553. The molecule has 0 amide bonds. The molecule has 0 aliphatic heterocycles. The molecule has 2 aromatic rings. The Balaban J connectivity index is 2.16. The Kier molecular flexibility index (Phi) is 3.51. The third-order valence-corrected chi connectivity index (χ3v) is 2.97. The number of aromatic nitrogens is 1. The van der Waals surface area contributed by atoms with Crippen LogP contribution >= 0.6 is 0 Å². The number of nitrogens with zero attached hydrogens (tertiary/aromatic N) is 1. The molecule has 1 aromatic carbocycles. The second kappa shape index (κ2) is 5.08. The van der Waals surface area contributed by atoms with Crippen molar-refractivity contribution in [1.29, 1.82) is 0 Å². The molecule has 1 aromatic heterocycles. The van der Waals surface area contributed by atoms with Crippen LogP contribution in [0.1, 0.15) is 42.3 Å². The maximum atomic E-state index is 5.82. The average Bonchev–Trinajstić information content (AvgIpc) is 2.68. The largest absolute Gasteiger partial charge is 0.394 e. The molecule has 0 saturated carbocycles. The van der Waals surface area contributed by atoms with Crippen molar-refractivity contribution in [3.63, 3.8) is 0 Å². The number of aryl methyl sites for hydroxylation is 1. The predicted octanol–water partition coefficient (Wildman–Crippen LogP) is 3.86. The van der Waals surface area contributed by atoms with E-state index >= 15 is 0 Å². The quantitative estimate of drug-likeness (QED) is 0.889. The van der Waals surface area contributed by atoms with Crippen molar-refractivity contribution >= 4 is 17.8 Å². The molecule has 0 radical (unpaired) electrons. The molecule has 3 nitrogen and oxygen atoms in total. The zero-order chi connectivity index (χ0) is 13.1. The number of hydrogen-bond donors (Lipinski definition) is 1. The van der Waals surface area contributed by atoms with Gasteiger partial charge in [0.05, 0.1) is 0 Å². The second-order valence-corrected chi connectivity index (χ2v) is 4.69. The van der Waals surface area contributed by atoms with Crippen molar-refractivity contribution in [2.45, 2.75) is 26.7 Å². The highest BCUT2D eigenvalue weighted by molar-refractivity contribution is 5.73. The van der Waals surface area contributed by atoms with E-state index in [2.05, 4.69) is 43.3 Å². The molecule has 2 rings (SSSR count). The summed E-state index contributed by atoms with van der Waals surface area (Å²) in [5.74, 6) is 1.21. The van der Waals surface area contributed by atoms with Gasteiger partial charge in [-0.3, -0.25) is 0 Å². The van der Waals surface area contributed by atoms with Crippen molar-refractivity contribution < 1.29 is 4.52 Å². The van der Waals surface area contributed by atoms with E-state index in [9.17, 15) is 0 Å². The lowest BCUT2D eigenvalue weighted by Gasteiger charge is -2.04. The first-order valence-corrected chi connectivity index (χ1v) is 6.07. The van der Waals surface area contributed by atoms with E-state index in [4.69, 9.17) is 10.3 Å². The summed E-state index contributed by atoms with van der Waals surface area (Å²) in [6.45, 7) is 6.17. The van der Waals surface area contributed by atoms with Gasteiger partial charge in [-0.25, -0.2) is 0 Å². The molecule has 0 aliphatic carbocycles. The van der Waals surface area contributed by atoms with Crippen molar-refractivity contribution in [2.24, 2.45) is 0 Å². The van der Waals surface area contributed by atoms with Crippen LogP contribution in [0, 0.1) is 6.92 Å². The average molecular weight is 242 g/mol. The Labute approximate surface area is 107 Å². The van der Waals surface area contributed by atoms with E-state index in [1.807, 2.05) is 12.2 Å². The lowest BCUT2D eigenvalue weighted by molar-refractivity contribution is 0.397. The van der Waals surface area contributed by atoms with E-state index in [1.165, 1.54) is 5.56 Å². The van der Waals surface area contributed by atoms with Crippen LogP contribution in [0.25, 0.3) is 12.2 Å². The van der Waals surface area contributed by atoms with Gasteiger partial charge in [0.25, 0.3) is 0 Å². The molecule has 1 heterocycles. The van der Waals surface area contributed by atoms with E-state index < -0.39 is 0 Å². The monoisotopic (exact) mass is 242 g/mol. The summed E-state index contributed by atoms with van der Waals surface area (Å²) in [5, 5.41) is 3.89. The van der Waals surface area contributed by atoms with Gasteiger partial charge in [0, 0.05) is 0 Å². The third-order valence-electron chi connectivity index (χ3n) is 2.97. The predicted molar refractivity (Wildman–Crippen MR) is 75.1 cm³/mol. The molecule has 0 fully saturated rings. The number of hydrogen-bond acceptors (Lipinski definition) is 3. The van der Waals surface area contributed by atoms with Gasteiger partial charge in [-0.2, -0.15) is 0 Å². The number of nitrogen functional groups attached to an aromatic ring is 1. The SMILES string of the molecule is Cc1onc(C=Cc2ccc(C(C)C)cc2)c1N. The van der Waals surface area contributed by atoms with Gasteiger partial charge < -0.3 is 10.3 Å². The minimum atomic E-state index is 0.553. The first-order chi connectivity index (χ1) is 8.58. The number of rotatable bonds is 3. The van der Waals surface area contributed by atoms with Gasteiger partial charge in [-0.15, -0.1) is 0 Å². The van der Waals surface area contributed by atoms with Crippen LogP contribution in [-0.4, -0.2) is 5.16 Å². The highest BCUT2D eigenvalue weighted by atomic mass is 16.5. The fraction of sp³-hybridized carbons (Fsp3) is 0.267. The zero-order valence-corrected chi connectivity index (χ0v) is 11.0. The summed E-state index contributed by atoms with van der Waals surface area (Å²) in [4.78, 5) is 0. The number of benzene rings is 1. The van der Waals surface area contributed by atoms with Crippen LogP contribution < -0.4 is 5.73 Å². The van der Waals surface area contributed by atoms with Gasteiger partial charge in [0.2, 0.25) is 0 Å². The molecule has 0 spiro atoms. The van der Waals surface area contributed by atoms with E-state index in [0.29, 0.717) is 23.1 Å². The van der Waals surface area contributed by atoms with Crippen LogP contribution in [0.5, 0.6) is 0 Å². The van der Waals surface area contributed by atoms with Crippen molar-refractivity contribution in [3.8, 4) is 0 Å². The molecule has 0 saturated heterocycles. The Morgan fingerprint density at radius 3 is 2.33 bits per heavy atom. The molecule has 0 bridgehead atoms. The summed E-state index contributed by atoms with van der Waals surface area (Å²) in [5.41, 5.74) is 9.57. The zero-order valence-electron chi connectivity index (χ0n) is 11.0. The Morgan fingerprint density at radius 2 is 1.83 bits per heavy atom. The molecule has 3 heteroatoms. The summed E-state index contributed by atoms with van der Waals surface area (Å²) >= 11 is 0. The normalized spacial score (nSPS) is 11.6. The Morgan fingerprint density at radius 1 is 1.17 bits per heavy atom. The molecule has 18 heavy (non-hydrogen) atoms. The lowest BCUT2D eigenvalue weighted by Crippen LogP contribution is -1.87. The Bertz CT molecular complexity index is 550. The van der Waals surface area contributed by atoms with E-state index in [0.717, 1.165) is 5.56 Å². The first-order valence-electron chi connectivity index (χ1n) is 6.07. The molecule has 2 N–H and O–H groups in total. The second-order valence-electron chi connectivity index (χ2n) is 4.69.